The summed E-state index contributed by atoms with van der Waals surface area (Å²) in [6.07, 6.45) is 2.35. The number of rotatable bonds is 5. The van der Waals surface area contributed by atoms with Crippen molar-refractivity contribution in [3.63, 3.8) is 0 Å². The quantitative estimate of drug-likeness (QED) is 0.590. The smallest absolute Gasteiger partial charge is 0.248 e. The number of anilines is 1. The molecular formula is C20H19N5O2S. The molecule has 1 aromatic carbocycles. The second-order valence-corrected chi connectivity index (χ2v) is 7.34. The van der Waals surface area contributed by atoms with E-state index in [1.807, 2.05) is 6.07 Å². The lowest BCUT2D eigenvalue weighted by Crippen LogP contribution is -2.14. The van der Waals surface area contributed by atoms with Gasteiger partial charge in [-0.15, -0.1) is 11.8 Å². The highest BCUT2D eigenvalue weighted by Crippen LogP contribution is 2.42. The minimum atomic E-state index is -0.495. The molecule has 1 fully saturated rings. The van der Waals surface area contributed by atoms with Crippen LogP contribution in [-0.2, 0) is 10.5 Å². The highest BCUT2D eigenvalue weighted by atomic mass is 32.2. The number of nitriles is 1. The minimum absolute atomic E-state index is 0.103. The molecule has 1 aliphatic heterocycles. The van der Waals surface area contributed by atoms with Crippen molar-refractivity contribution in [3.05, 3.63) is 57.9 Å². The molecule has 3 rings (SSSR count). The number of primary amides is 1. The number of hydrogen-bond donors (Lipinski definition) is 2. The number of hydrogen-bond acceptors (Lipinski definition) is 6. The van der Waals surface area contributed by atoms with Crippen LogP contribution in [0.25, 0.3) is 4.85 Å². The monoisotopic (exact) mass is 393 g/mol. The van der Waals surface area contributed by atoms with Gasteiger partial charge in [-0.25, -0.2) is 9.83 Å². The summed E-state index contributed by atoms with van der Waals surface area (Å²) in [4.78, 5) is 19.2. The van der Waals surface area contributed by atoms with Crippen molar-refractivity contribution in [2.45, 2.75) is 36.1 Å². The molecule has 8 heteroatoms. The first-order valence-corrected chi connectivity index (χ1v) is 9.77. The Bertz CT molecular complexity index is 987. The third-order valence-electron chi connectivity index (χ3n) is 4.52. The Morgan fingerprint density at radius 1 is 1.46 bits per heavy atom. The molecule has 142 valence electrons. The van der Waals surface area contributed by atoms with Crippen molar-refractivity contribution in [1.82, 2.24) is 4.98 Å². The van der Waals surface area contributed by atoms with Crippen molar-refractivity contribution in [2.75, 3.05) is 12.3 Å². The standard InChI is InChI=1S/C20H19N5O2S/c1-24-17-16(15-7-2-3-8-27-15)14(10-21)20(25-18(17)22)28-11-12-5-4-6-13(9-12)19(23)26/h4-6,9,15H,2-3,7-8,11H2,(H2,22,25)(H2,23,26). The molecule has 0 aliphatic carbocycles. The van der Waals surface area contributed by atoms with Gasteiger partial charge in [-0.05, 0) is 37.0 Å². The van der Waals surface area contributed by atoms with Gasteiger partial charge in [-0.1, -0.05) is 12.1 Å². The van der Waals surface area contributed by atoms with E-state index in [0.29, 0.717) is 34.1 Å². The molecule has 28 heavy (non-hydrogen) atoms. The van der Waals surface area contributed by atoms with Crippen molar-refractivity contribution >= 4 is 29.2 Å². The second kappa shape index (κ2) is 8.75. The van der Waals surface area contributed by atoms with Crippen molar-refractivity contribution < 1.29 is 9.53 Å². The molecule has 2 heterocycles. The average molecular weight is 393 g/mol. The molecule has 1 atom stereocenters. The van der Waals surface area contributed by atoms with Crippen LogP contribution in [0.4, 0.5) is 11.5 Å². The van der Waals surface area contributed by atoms with Gasteiger partial charge >= 0.3 is 0 Å². The molecule has 0 radical (unpaired) electrons. The molecule has 4 N–H and O–H groups in total. The summed E-state index contributed by atoms with van der Waals surface area (Å²) in [5.74, 6) is 0.0848. The van der Waals surface area contributed by atoms with Gasteiger partial charge in [0.25, 0.3) is 0 Å². The Hall–Kier alpha value is -3.07. The van der Waals surface area contributed by atoms with Crippen LogP contribution in [0, 0.1) is 17.9 Å². The lowest BCUT2D eigenvalue weighted by atomic mass is 9.97. The zero-order chi connectivity index (χ0) is 20.1. The molecule has 0 spiro atoms. The van der Waals surface area contributed by atoms with Crippen LogP contribution in [0.2, 0.25) is 0 Å². The Morgan fingerprint density at radius 2 is 2.29 bits per heavy atom. The fourth-order valence-corrected chi connectivity index (χ4v) is 4.11. The number of benzene rings is 1. The molecule has 0 bridgehead atoms. The van der Waals surface area contributed by atoms with Gasteiger partial charge in [0.15, 0.2) is 0 Å². The van der Waals surface area contributed by atoms with Gasteiger partial charge in [0.05, 0.1) is 18.2 Å². The van der Waals surface area contributed by atoms with Gasteiger partial charge in [0.2, 0.25) is 11.6 Å². The zero-order valence-corrected chi connectivity index (χ0v) is 16.0. The second-order valence-electron chi connectivity index (χ2n) is 6.37. The number of amides is 1. The van der Waals surface area contributed by atoms with Crippen LogP contribution in [0.15, 0.2) is 29.3 Å². The van der Waals surface area contributed by atoms with Crippen molar-refractivity contribution in [3.8, 4) is 6.07 Å². The lowest BCUT2D eigenvalue weighted by molar-refractivity contribution is 0.0151. The summed E-state index contributed by atoms with van der Waals surface area (Å²) in [6, 6.07) is 9.18. The Kier molecular flexibility index (Phi) is 6.15. The Labute approximate surface area is 167 Å². The molecular weight excluding hydrogens is 374 g/mol. The lowest BCUT2D eigenvalue weighted by Gasteiger charge is -2.25. The highest BCUT2D eigenvalue weighted by molar-refractivity contribution is 7.98. The number of carbonyl (C=O) groups excluding carboxylic acids is 1. The average Bonchev–Trinajstić information content (AvgIpc) is 2.72. The van der Waals surface area contributed by atoms with Crippen LogP contribution in [0.5, 0.6) is 0 Å². The van der Waals surface area contributed by atoms with E-state index >= 15 is 0 Å². The maximum absolute atomic E-state index is 11.4. The summed E-state index contributed by atoms with van der Waals surface area (Å²) in [7, 11) is 0. The van der Waals surface area contributed by atoms with Crippen LogP contribution >= 0.6 is 11.8 Å². The van der Waals surface area contributed by atoms with Crippen LogP contribution in [0.1, 0.15) is 52.4 Å². The first-order valence-electron chi connectivity index (χ1n) is 8.79. The van der Waals surface area contributed by atoms with E-state index in [1.165, 1.54) is 11.8 Å². The predicted molar refractivity (Wildman–Crippen MR) is 107 cm³/mol. The number of aromatic nitrogens is 1. The van der Waals surface area contributed by atoms with E-state index in [0.717, 1.165) is 24.8 Å². The molecule has 2 aromatic rings. The summed E-state index contributed by atoms with van der Waals surface area (Å²) >= 11 is 1.33. The first kappa shape index (κ1) is 19.7. The van der Waals surface area contributed by atoms with Crippen LogP contribution in [-0.4, -0.2) is 17.5 Å². The maximum atomic E-state index is 11.4. The number of ether oxygens (including phenoxy) is 1. The van der Waals surface area contributed by atoms with Gasteiger partial charge in [0, 0.05) is 23.5 Å². The van der Waals surface area contributed by atoms with Crippen molar-refractivity contribution in [2.24, 2.45) is 5.73 Å². The zero-order valence-electron chi connectivity index (χ0n) is 15.1. The van der Waals surface area contributed by atoms with E-state index < -0.39 is 5.91 Å². The predicted octanol–water partition coefficient (Wildman–Crippen LogP) is 3.72. The Balaban J connectivity index is 1.96. The van der Waals surface area contributed by atoms with Gasteiger partial charge in [-0.3, -0.25) is 4.79 Å². The molecule has 7 nitrogen and oxygen atoms in total. The number of nitrogens with two attached hydrogens (primary N) is 2. The minimum Gasteiger partial charge on any atom is -0.392 e. The Morgan fingerprint density at radius 3 is 2.93 bits per heavy atom. The molecule has 1 aliphatic rings. The molecule has 1 amide bonds. The van der Waals surface area contributed by atoms with E-state index in [2.05, 4.69) is 15.9 Å². The number of carbonyl (C=O) groups is 1. The fraction of sp³-hybridized carbons (Fsp3) is 0.300. The summed E-state index contributed by atoms with van der Waals surface area (Å²) < 4.78 is 5.83. The van der Waals surface area contributed by atoms with Gasteiger partial charge < -0.3 is 16.2 Å². The van der Waals surface area contributed by atoms with E-state index in [-0.39, 0.29) is 17.6 Å². The molecule has 1 unspecified atom stereocenters. The SMILES string of the molecule is [C-]#[N+]c1c(N)nc(SCc2cccc(C(N)=O)c2)c(C#N)c1C1CCCCO1. The summed E-state index contributed by atoms with van der Waals surface area (Å²) in [5.41, 5.74) is 13.7. The van der Waals surface area contributed by atoms with Crippen LogP contribution in [0.3, 0.4) is 0 Å². The first-order chi connectivity index (χ1) is 13.5. The van der Waals surface area contributed by atoms with Crippen LogP contribution < -0.4 is 11.5 Å². The topological polar surface area (TPSA) is 119 Å². The maximum Gasteiger partial charge on any atom is 0.248 e. The van der Waals surface area contributed by atoms with Gasteiger partial charge in [0.1, 0.15) is 16.9 Å². The third-order valence-corrected chi connectivity index (χ3v) is 5.56. The normalized spacial score (nSPS) is 16.1. The number of pyridine rings is 1. The largest absolute Gasteiger partial charge is 0.392 e. The van der Waals surface area contributed by atoms with E-state index in [4.69, 9.17) is 22.8 Å². The highest BCUT2D eigenvalue weighted by Gasteiger charge is 2.27. The number of nitrogen functional groups attached to an aromatic ring is 1. The number of nitrogens with zero attached hydrogens (tertiary/aromatic N) is 3. The van der Waals surface area contributed by atoms with Gasteiger partial charge in [-0.2, -0.15) is 5.26 Å². The van der Waals surface area contributed by atoms with E-state index in [9.17, 15) is 10.1 Å². The molecule has 1 saturated heterocycles. The summed E-state index contributed by atoms with van der Waals surface area (Å²) in [6.45, 7) is 8.07. The van der Waals surface area contributed by atoms with E-state index in [1.54, 1.807) is 18.2 Å². The third kappa shape index (κ3) is 4.09. The van der Waals surface area contributed by atoms with Crippen molar-refractivity contribution in [1.29, 1.82) is 5.26 Å². The molecule has 1 aromatic heterocycles. The fourth-order valence-electron chi connectivity index (χ4n) is 3.17. The molecule has 0 saturated carbocycles. The summed E-state index contributed by atoms with van der Waals surface area (Å²) in [5, 5.41) is 10.3. The number of thioether (sulfide) groups is 1.